The number of aromatic nitrogens is 1. The maximum Gasteiger partial charge on any atom is 0.275 e. The second kappa shape index (κ2) is 5.86. The Labute approximate surface area is 139 Å². The first-order chi connectivity index (χ1) is 10.4. The van der Waals surface area contributed by atoms with Crippen LogP contribution in [0.25, 0.3) is 0 Å². The summed E-state index contributed by atoms with van der Waals surface area (Å²) < 4.78 is 28.2. The molecule has 2 aromatic rings. The molecule has 3 rings (SSSR count). The first-order valence-corrected chi connectivity index (χ1v) is 10.3. The van der Waals surface area contributed by atoms with Gasteiger partial charge in [-0.1, -0.05) is 19.1 Å². The van der Waals surface area contributed by atoms with Crippen molar-refractivity contribution in [2.24, 2.45) is 0 Å². The number of thiazole rings is 1. The van der Waals surface area contributed by atoms with Gasteiger partial charge in [0, 0.05) is 16.7 Å². The molecule has 0 radical (unpaired) electrons. The molecule has 0 saturated heterocycles. The highest BCUT2D eigenvalue weighted by Gasteiger charge is 2.32. The highest BCUT2D eigenvalue weighted by Crippen LogP contribution is 2.40. The molecular formula is C15H18N2O2S3. The van der Waals surface area contributed by atoms with Gasteiger partial charge in [-0.25, -0.2) is 13.4 Å². The molecule has 1 aliphatic rings. The molecule has 7 heteroatoms. The molecule has 0 amide bonds. The predicted octanol–water partition coefficient (Wildman–Crippen LogP) is 3.84. The quantitative estimate of drug-likeness (QED) is 0.822. The van der Waals surface area contributed by atoms with Gasteiger partial charge in [-0.2, -0.15) is 0 Å². The Morgan fingerprint density at radius 3 is 2.68 bits per heavy atom. The number of para-hydroxylation sites is 1. The third kappa shape index (κ3) is 2.77. The summed E-state index contributed by atoms with van der Waals surface area (Å²) in [5.74, 6) is 0. The van der Waals surface area contributed by atoms with Crippen LogP contribution in [0.3, 0.4) is 0 Å². The third-order valence-corrected chi connectivity index (χ3v) is 8.30. The van der Waals surface area contributed by atoms with Crippen molar-refractivity contribution in [3.8, 4) is 0 Å². The highest BCUT2D eigenvalue weighted by molar-refractivity contribution is 8.00. The molecule has 4 nitrogen and oxygen atoms in total. The molecule has 1 atom stereocenters. The molecule has 1 aromatic carbocycles. The lowest BCUT2D eigenvalue weighted by atomic mass is 10.3. The van der Waals surface area contributed by atoms with Gasteiger partial charge in [-0.15, -0.1) is 23.1 Å². The summed E-state index contributed by atoms with van der Waals surface area (Å²) in [5.41, 5.74) is 1.37. The van der Waals surface area contributed by atoms with Crippen LogP contribution in [0.5, 0.6) is 0 Å². The number of sulfonamides is 1. The minimum Gasteiger partial charge on any atom is -0.264 e. The summed E-state index contributed by atoms with van der Waals surface area (Å²) in [6.45, 7) is 6.24. The highest BCUT2D eigenvalue weighted by atomic mass is 32.2. The molecule has 0 N–H and O–H groups in total. The average molecular weight is 355 g/mol. The van der Waals surface area contributed by atoms with E-state index in [2.05, 4.69) is 11.9 Å². The van der Waals surface area contributed by atoms with Crippen molar-refractivity contribution in [2.75, 3.05) is 10.8 Å². The Kier molecular flexibility index (Phi) is 4.22. The zero-order valence-corrected chi connectivity index (χ0v) is 15.2. The van der Waals surface area contributed by atoms with Gasteiger partial charge in [0.1, 0.15) is 0 Å². The van der Waals surface area contributed by atoms with E-state index in [1.165, 1.54) is 11.3 Å². The number of nitrogens with zero attached hydrogens (tertiary/aromatic N) is 2. The molecular weight excluding hydrogens is 336 g/mol. The van der Waals surface area contributed by atoms with Crippen molar-refractivity contribution in [1.82, 2.24) is 4.98 Å². The number of fused-ring (bicyclic) bond motifs is 1. The van der Waals surface area contributed by atoms with Crippen LogP contribution in [-0.2, 0) is 10.0 Å². The number of thioether (sulfide) groups is 1. The maximum atomic E-state index is 13.1. The molecule has 118 valence electrons. The van der Waals surface area contributed by atoms with E-state index in [4.69, 9.17) is 0 Å². The third-order valence-electron chi connectivity index (χ3n) is 3.59. The Balaban J connectivity index is 2.13. The van der Waals surface area contributed by atoms with Crippen molar-refractivity contribution in [3.05, 3.63) is 35.0 Å². The van der Waals surface area contributed by atoms with Crippen LogP contribution in [0.1, 0.15) is 24.0 Å². The monoisotopic (exact) mass is 354 g/mol. The van der Waals surface area contributed by atoms with Crippen LogP contribution in [0, 0.1) is 13.8 Å². The molecule has 0 aliphatic carbocycles. The van der Waals surface area contributed by atoms with E-state index < -0.39 is 10.0 Å². The lowest BCUT2D eigenvalue weighted by molar-refractivity contribution is 0.590. The fourth-order valence-corrected chi connectivity index (χ4v) is 6.81. The van der Waals surface area contributed by atoms with E-state index in [0.717, 1.165) is 22.0 Å². The zero-order valence-electron chi connectivity index (χ0n) is 12.7. The van der Waals surface area contributed by atoms with Crippen LogP contribution >= 0.6 is 23.1 Å². The first-order valence-electron chi connectivity index (χ1n) is 7.12. The number of hydrogen-bond acceptors (Lipinski definition) is 5. The van der Waals surface area contributed by atoms with Gasteiger partial charge < -0.3 is 0 Å². The van der Waals surface area contributed by atoms with Gasteiger partial charge in [-0.05, 0) is 32.4 Å². The first kappa shape index (κ1) is 15.8. The lowest BCUT2D eigenvalue weighted by Gasteiger charge is -2.23. The minimum absolute atomic E-state index is 0.361. The summed E-state index contributed by atoms with van der Waals surface area (Å²) in [4.78, 5) is 5.30. The second-order valence-corrected chi connectivity index (χ2v) is 10.1. The number of aryl methyl sites for hydroxylation is 2. The maximum absolute atomic E-state index is 13.1. The van der Waals surface area contributed by atoms with Crippen LogP contribution in [0.4, 0.5) is 5.69 Å². The molecule has 0 saturated carbocycles. The van der Waals surface area contributed by atoms with Gasteiger partial charge in [0.25, 0.3) is 10.0 Å². The molecule has 2 heterocycles. The van der Waals surface area contributed by atoms with Crippen molar-refractivity contribution < 1.29 is 8.42 Å². The van der Waals surface area contributed by atoms with E-state index in [1.54, 1.807) is 23.0 Å². The van der Waals surface area contributed by atoms with Crippen molar-refractivity contribution in [3.63, 3.8) is 0 Å². The summed E-state index contributed by atoms with van der Waals surface area (Å²) in [6, 6.07) is 7.73. The van der Waals surface area contributed by atoms with E-state index in [9.17, 15) is 8.42 Å². The molecule has 22 heavy (non-hydrogen) atoms. The van der Waals surface area contributed by atoms with Gasteiger partial charge in [0.15, 0.2) is 4.21 Å². The van der Waals surface area contributed by atoms with Gasteiger partial charge in [0.05, 0.1) is 16.4 Å². The number of rotatable bonds is 2. The molecule has 0 bridgehead atoms. The fraction of sp³-hybridized carbons (Fsp3) is 0.400. The molecule has 0 spiro atoms. The second-order valence-electron chi connectivity index (χ2n) is 5.37. The lowest BCUT2D eigenvalue weighted by Crippen LogP contribution is -2.32. The Morgan fingerprint density at radius 2 is 2.00 bits per heavy atom. The van der Waals surface area contributed by atoms with Crippen LogP contribution in [0.2, 0.25) is 0 Å². The fourth-order valence-electron chi connectivity index (χ4n) is 2.56. The normalized spacial score (nSPS) is 18.9. The van der Waals surface area contributed by atoms with Gasteiger partial charge in [0.2, 0.25) is 0 Å². The predicted molar refractivity (Wildman–Crippen MR) is 92.5 cm³/mol. The van der Waals surface area contributed by atoms with Crippen LogP contribution in [-0.4, -0.2) is 25.2 Å². The van der Waals surface area contributed by atoms with E-state index in [0.29, 0.717) is 21.7 Å². The van der Waals surface area contributed by atoms with Gasteiger partial charge in [-0.3, -0.25) is 4.31 Å². The Hall–Kier alpha value is -1.05. The summed E-state index contributed by atoms with van der Waals surface area (Å²) >= 11 is 2.99. The number of anilines is 1. The summed E-state index contributed by atoms with van der Waals surface area (Å²) in [5, 5.41) is 1.17. The van der Waals surface area contributed by atoms with Crippen molar-refractivity contribution in [1.29, 1.82) is 0 Å². The standard InChI is InChI=1S/C15H18N2O2S3/c1-10-8-9-17(13-6-4-5-7-14(13)20-10)22(18,19)15-11(2)16-12(3)21-15/h4-7,10H,8-9H2,1-3H3. The topological polar surface area (TPSA) is 50.3 Å². The SMILES string of the molecule is Cc1nc(C)c(S(=O)(=O)N2CCC(C)Sc3ccccc32)s1. The largest absolute Gasteiger partial charge is 0.275 e. The van der Waals surface area contributed by atoms with Gasteiger partial charge >= 0.3 is 0 Å². The Morgan fingerprint density at radius 1 is 1.27 bits per heavy atom. The van der Waals surface area contributed by atoms with E-state index >= 15 is 0 Å². The average Bonchev–Trinajstić information content (AvgIpc) is 2.70. The van der Waals surface area contributed by atoms with Crippen molar-refractivity contribution >= 4 is 38.8 Å². The van der Waals surface area contributed by atoms with Crippen LogP contribution in [0.15, 0.2) is 33.4 Å². The molecule has 1 aliphatic heterocycles. The zero-order chi connectivity index (χ0) is 15.9. The summed E-state index contributed by atoms with van der Waals surface area (Å²) in [7, 11) is -3.56. The smallest absolute Gasteiger partial charge is 0.264 e. The van der Waals surface area contributed by atoms with Crippen LogP contribution < -0.4 is 4.31 Å². The molecule has 0 fully saturated rings. The summed E-state index contributed by atoms with van der Waals surface area (Å²) in [6.07, 6.45) is 0.829. The molecule has 1 aromatic heterocycles. The van der Waals surface area contributed by atoms with E-state index in [-0.39, 0.29) is 0 Å². The minimum atomic E-state index is -3.56. The number of benzene rings is 1. The van der Waals surface area contributed by atoms with E-state index in [1.807, 2.05) is 31.2 Å². The molecule has 1 unspecified atom stereocenters. The Bertz CT molecular complexity index is 799. The number of hydrogen-bond donors (Lipinski definition) is 0. The van der Waals surface area contributed by atoms with Crippen molar-refractivity contribution in [2.45, 2.75) is 41.5 Å².